The molecule has 2 fully saturated rings. The van der Waals surface area contributed by atoms with Gasteiger partial charge in [0.05, 0.1) is 30.1 Å². The van der Waals surface area contributed by atoms with Gasteiger partial charge in [0.2, 0.25) is 5.91 Å². The first kappa shape index (κ1) is 29.1. The molecule has 0 saturated carbocycles. The summed E-state index contributed by atoms with van der Waals surface area (Å²) in [5.74, 6) is -0.454. The highest BCUT2D eigenvalue weighted by atomic mass is 32.1. The first-order chi connectivity index (χ1) is 21.9. The van der Waals surface area contributed by atoms with E-state index in [0.29, 0.717) is 61.4 Å². The fourth-order valence-electron chi connectivity index (χ4n) is 6.65. The normalized spacial score (nSPS) is 19.9. The number of benzene rings is 2. The van der Waals surface area contributed by atoms with Gasteiger partial charge in [0.15, 0.2) is 0 Å². The SMILES string of the molecule is O=C(c1cnc(-c2ccccc2)s1)N1CC[C@@H](C(=O)N2CCC(O)(Cn3cnc4[nH]ccc4c3=O)CC2)[C@H](c2ccccc2)C1. The number of carbonyl (C=O) groups is 2. The number of nitrogens with one attached hydrogen (secondary N) is 1. The van der Waals surface area contributed by atoms with Gasteiger partial charge in [0.1, 0.15) is 15.5 Å². The Labute approximate surface area is 264 Å². The lowest BCUT2D eigenvalue weighted by molar-refractivity contribution is -0.142. The summed E-state index contributed by atoms with van der Waals surface area (Å²) in [6.45, 7) is 1.83. The molecule has 5 aromatic rings. The Balaban J connectivity index is 1.04. The van der Waals surface area contributed by atoms with E-state index in [4.69, 9.17) is 0 Å². The van der Waals surface area contributed by atoms with Crippen LogP contribution >= 0.6 is 11.3 Å². The number of piperidine rings is 2. The summed E-state index contributed by atoms with van der Waals surface area (Å²) in [5, 5.41) is 12.7. The van der Waals surface area contributed by atoms with Crippen LogP contribution in [0.1, 0.15) is 40.4 Å². The Morgan fingerprint density at radius 1 is 0.956 bits per heavy atom. The van der Waals surface area contributed by atoms with Crippen molar-refractivity contribution in [3.63, 3.8) is 0 Å². The first-order valence-electron chi connectivity index (χ1n) is 15.3. The molecular weight excluding hydrogens is 588 g/mol. The number of H-pyrrole nitrogens is 1. The maximum atomic E-state index is 14.0. The minimum Gasteiger partial charge on any atom is -0.388 e. The van der Waals surface area contributed by atoms with E-state index < -0.39 is 5.60 Å². The lowest BCUT2D eigenvalue weighted by Crippen LogP contribution is -2.53. The maximum absolute atomic E-state index is 14.0. The van der Waals surface area contributed by atoms with E-state index in [2.05, 4.69) is 15.0 Å². The standard InChI is InChI=1S/C34H34N6O4S/c41-31(38-17-13-34(44,14-18-38)21-40-22-37-29-26(32(40)42)11-15-35-29)25-12-16-39(20-27(25)23-7-3-1-4-8-23)33(43)28-19-36-30(45-28)24-9-5-2-6-10-24/h1-11,15,19,22,25,27,35,44H,12-14,16-18,20-21H2/t25-,27+/m1/s1. The van der Waals surface area contributed by atoms with Crippen LogP contribution < -0.4 is 5.56 Å². The number of likely N-dealkylation sites (tertiary alicyclic amines) is 2. The molecule has 3 aromatic heterocycles. The minimum absolute atomic E-state index is 0.0507. The summed E-state index contributed by atoms with van der Waals surface area (Å²) in [4.78, 5) is 56.6. The van der Waals surface area contributed by atoms with Gasteiger partial charge in [-0.3, -0.25) is 19.0 Å². The minimum atomic E-state index is -1.12. The van der Waals surface area contributed by atoms with Crippen LogP contribution in [0.3, 0.4) is 0 Å². The van der Waals surface area contributed by atoms with Crippen molar-refractivity contribution in [1.29, 1.82) is 0 Å². The van der Waals surface area contributed by atoms with Crippen LogP contribution in [0.25, 0.3) is 21.6 Å². The number of aromatic amines is 1. The zero-order valence-electron chi connectivity index (χ0n) is 24.7. The van der Waals surface area contributed by atoms with Gasteiger partial charge in [-0.25, -0.2) is 9.97 Å². The predicted octanol–water partition coefficient (Wildman–Crippen LogP) is 4.15. The van der Waals surface area contributed by atoms with Gasteiger partial charge in [-0.15, -0.1) is 11.3 Å². The average Bonchev–Trinajstić information content (AvgIpc) is 3.78. The highest BCUT2D eigenvalue weighted by Crippen LogP contribution is 2.37. The Kier molecular flexibility index (Phi) is 7.80. The fraction of sp³-hybridized carbons (Fsp3) is 0.324. The summed E-state index contributed by atoms with van der Waals surface area (Å²) in [6, 6.07) is 21.5. The summed E-state index contributed by atoms with van der Waals surface area (Å²) in [7, 11) is 0. The number of rotatable bonds is 6. The summed E-state index contributed by atoms with van der Waals surface area (Å²) >= 11 is 1.39. The number of aromatic nitrogens is 4. The van der Waals surface area contributed by atoms with Crippen molar-refractivity contribution in [3.05, 3.63) is 106 Å². The summed E-state index contributed by atoms with van der Waals surface area (Å²) < 4.78 is 1.46. The van der Waals surface area contributed by atoms with Gasteiger partial charge >= 0.3 is 0 Å². The van der Waals surface area contributed by atoms with Crippen molar-refractivity contribution in [1.82, 2.24) is 29.3 Å². The number of fused-ring (bicyclic) bond motifs is 1. The molecule has 2 aliphatic rings. The van der Waals surface area contributed by atoms with Crippen LogP contribution in [0, 0.1) is 5.92 Å². The van der Waals surface area contributed by atoms with E-state index in [1.54, 1.807) is 18.5 Å². The Bertz CT molecular complexity index is 1880. The second kappa shape index (κ2) is 12.1. The van der Waals surface area contributed by atoms with E-state index in [1.807, 2.05) is 70.5 Å². The van der Waals surface area contributed by atoms with E-state index in [9.17, 15) is 19.5 Å². The van der Waals surface area contributed by atoms with Gasteiger partial charge in [0.25, 0.3) is 11.5 Å². The average molecular weight is 623 g/mol. The maximum Gasteiger partial charge on any atom is 0.265 e. The topological polar surface area (TPSA) is 124 Å². The molecule has 0 spiro atoms. The molecule has 2 amide bonds. The first-order valence-corrected chi connectivity index (χ1v) is 16.1. The van der Waals surface area contributed by atoms with Crippen LogP contribution in [-0.4, -0.2) is 78.0 Å². The molecule has 2 saturated heterocycles. The van der Waals surface area contributed by atoms with E-state index in [-0.39, 0.29) is 35.8 Å². The van der Waals surface area contributed by atoms with Gasteiger partial charge < -0.3 is 19.9 Å². The Morgan fingerprint density at radius 2 is 1.69 bits per heavy atom. The van der Waals surface area contributed by atoms with Crippen LogP contribution in [0.2, 0.25) is 0 Å². The quantitative estimate of drug-likeness (QED) is 0.293. The van der Waals surface area contributed by atoms with Crippen molar-refractivity contribution >= 4 is 34.2 Å². The van der Waals surface area contributed by atoms with Crippen molar-refractivity contribution in [2.24, 2.45) is 5.92 Å². The second-order valence-corrected chi connectivity index (χ2v) is 13.1. The number of nitrogens with zero attached hydrogens (tertiary/aromatic N) is 5. The van der Waals surface area contributed by atoms with Crippen molar-refractivity contribution in [2.45, 2.75) is 37.3 Å². The molecule has 0 radical (unpaired) electrons. The molecule has 10 nitrogen and oxygen atoms in total. The molecule has 0 unspecified atom stereocenters. The molecule has 2 atom stereocenters. The number of hydrogen-bond donors (Lipinski definition) is 2. The van der Waals surface area contributed by atoms with Crippen molar-refractivity contribution < 1.29 is 14.7 Å². The molecule has 7 rings (SSSR count). The third-order valence-electron chi connectivity index (χ3n) is 9.20. The number of aliphatic hydroxyl groups is 1. The monoisotopic (exact) mass is 622 g/mol. The number of amides is 2. The third kappa shape index (κ3) is 5.81. The number of carbonyl (C=O) groups excluding carboxylic acids is 2. The molecule has 2 N–H and O–H groups in total. The Morgan fingerprint density at radius 3 is 2.44 bits per heavy atom. The lowest BCUT2D eigenvalue weighted by atomic mass is 9.79. The van der Waals surface area contributed by atoms with Gasteiger partial charge in [0, 0.05) is 49.8 Å². The number of thiazole rings is 1. The van der Waals surface area contributed by atoms with Crippen LogP contribution in [0.5, 0.6) is 0 Å². The zero-order valence-corrected chi connectivity index (χ0v) is 25.5. The highest BCUT2D eigenvalue weighted by molar-refractivity contribution is 7.16. The molecular formula is C34H34N6O4S. The largest absolute Gasteiger partial charge is 0.388 e. The van der Waals surface area contributed by atoms with Crippen molar-refractivity contribution in [3.8, 4) is 10.6 Å². The highest BCUT2D eigenvalue weighted by Gasteiger charge is 2.42. The lowest BCUT2D eigenvalue weighted by Gasteiger charge is -2.43. The van der Waals surface area contributed by atoms with Crippen LogP contribution in [-0.2, 0) is 11.3 Å². The van der Waals surface area contributed by atoms with E-state index in [0.717, 1.165) is 16.1 Å². The predicted molar refractivity (Wildman–Crippen MR) is 172 cm³/mol. The fourth-order valence-corrected chi connectivity index (χ4v) is 7.54. The van der Waals surface area contributed by atoms with Crippen LogP contribution in [0.4, 0.5) is 0 Å². The molecule has 11 heteroatoms. The van der Waals surface area contributed by atoms with Crippen molar-refractivity contribution in [2.75, 3.05) is 26.2 Å². The third-order valence-corrected chi connectivity index (χ3v) is 10.2. The molecule has 2 aliphatic heterocycles. The van der Waals surface area contributed by atoms with Gasteiger partial charge in [-0.2, -0.15) is 0 Å². The zero-order chi connectivity index (χ0) is 31.0. The number of hydrogen-bond acceptors (Lipinski definition) is 7. The Hall–Kier alpha value is -4.61. The molecule has 2 aromatic carbocycles. The van der Waals surface area contributed by atoms with Gasteiger partial charge in [-0.1, -0.05) is 60.7 Å². The molecule has 0 bridgehead atoms. The molecule has 5 heterocycles. The molecule has 230 valence electrons. The molecule has 0 aliphatic carbocycles. The van der Waals surface area contributed by atoms with Gasteiger partial charge in [-0.05, 0) is 30.9 Å². The molecule has 45 heavy (non-hydrogen) atoms. The summed E-state index contributed by atoms with van der Waals surface area (Å²) in [6.07, 6.45) is 6.06. The second-order valence-electron chi connectivity index (χ2n) is 12.0. The smallest absolute Gasteiger partial charge is 0.265 e. The van der Waals surface area contributed by atoms with E-state index in [1.165, 1.54) is 22.2 Å². The van der Waals surface area contributed by atoms with E-state index >= 15 is 0 Å². The summed E-state index contributed by atoms with van der Waals surface area (Å²) in [5.41, 5.74) is 1.21. The van der Waals surface area contributed by atoms with Crippen LogP contribution in [0.15, 0.2) is 90.2 Å².